The monoisotopic (exact) mass is 289 g/mol. The zero-order valence-corrected chi connectivity index (χ0v) is 12.1. The summed E-state index contributed by atoms with van der Waals surface area (Å²) in [4.78, 5) is 4.58. The molecule has 0 saturated carbocycles. The van der Waals surface area contributed by atoms with Crippen molar-refractivity contribution in [3.8, 4) is 0 Å². The Balaban J connectivity index is 1.83. The average Bonchev–Trinajstić information content (AvgIpc) is 3.07. The molecule has 0 atom stereocenters. The summed E-state index contributed by atoms with van der Waals surface area (Å²) in [6, 6.07) is 6.29. The van der Waals surface area contributed by atoms with E-state index in [1.807, 2.05) is 10.9 Å². The summed E-state index contributed by atoms with van der Waals surface area (Å²) in [5, 5.41) is 7.78. The lowest BCUT2D eigenvalue weighted by molar-refractivity contribution is 0.514. The number of nitrogens with zero attached hydrogens (tertiary/aromatic N) is 5. The van der Waals surface area contributed by atoms with Crippen LogP contribution in [-0.2, 0) is 19.0 Å². The van der Waals surface area contributed by atoms with Gasteiger partial charge in [-0.25, -0.2) is 4.98 Å². The number of aryl methyl sites for hydroxylation is 3. The third-order valence-electron chi connectivity index (χ3n) is 3.34. The van der Waals surface area contributed by atoms with Crippen LogP contribution < -0.4 is 0 Å². The van der Waals surface area contributed by atoms with Crippen LogP contribution in [0.4, 0.5) is 0 Å². The van der Waals surface area contributed by atoms with Gasteiger partial charge < -0.3 is 4.57 Å². The number of rotatable bonds is 5. The van der Waals surface area contributed by atoms with Gasteiger partial charge in [-0.2, -0.15) is 0 Å². The fourth-order valence-corrected chi connectivity index (χ4v) is 2.58. The van der Waals surface area contributed by atoms with E-state index < -0.39 is 0 Å². The Bertz CT molecular complexity index is 702. The SMILES string of the molecule is Cc1ccc2nc(CCl)n(CCCn3ccnn3)c2c1. The molecule has 0 radical (unpaired) electrons. The molecule has 0 bridgehead atoms. The van der Waals surface area contributed by atoms with Crippen molar-refractivity contribution in [3.63, 3.8) is 0 Å². The van der Waals surface area contributed by atoms with Crippen LogP contribution in [0.3, 0.4) is 0 Å². The highest BCUT2D eigenvalue weighted by atomic mass is 35.5. The van der Waals surface area contributed by atoms with Crippen molar-refractivity contribution in [1.29, 1.82) is 0 Å². The summed E-state index contributed by atoms with van der Waals surface area (Å²) in [5.41, 5.74) is 3.39. The Hall–Kier alpha value is -1.88. The van der Waals surface area contributed by atoms with Gasteiger partial charge >= 0.3 is 0 Å². The third kappa shape index (κ3) is 2.54. The molecular weight excluding hydrogens is 274 g/mol. The summed E-state index contributed by atoms with van der Waals surface area (Å²) in [5.74, 6) is 1.35. The second kappa shape index (κ2) is 5.63. The third-order valence-corrected chi connectivity index (χ3v) is 3.58. The molecule has 0 aliphatic heterocycles. The number of hydrogen-bond acceptors (Lipinski definition) is 3. The molecule has 0 spiro atoms. The molecule has 2 heterocycles. The summed E-state index contributed by atoms with van der Waals surface area (Å²) < 4.78 is 4.04. The maximum atomic E-state index is 6.01. The normalized spacial score (nSPS) is 11.3. The standard InChI is InChI=1S/C14H16ClN5/c1-11-3-4-12-13(9-11)20(14(10-15)17-12)7-2-6-19-8-5-16-18-19/h3-5,8-9H,2,6-7,10H2,1H3. The summed E-state index contributed by atoms with van der Waals surface area (Å²) >= 11 is 6.01. The Morgan fingerprint density at radius 1 is 1.25 bits per heavy atom. The molecule has 6 heteroatoms. The van der Waals surface area contributed by atoms with Crippen molar-refractivity contribution in [2.75, 3.05) is 0 Å². The van der Waals surface area contributed by atoms with Crippen molar-refractivity contribution in [1.82, 2.24) is 24.5 Å². The fourth-order valence-electron chi connectivity index (χ4n) is 2.38. The number of alkyl halides is 1. The highest BCUT2D eigenvalue weighted by molar-refractivity contribution is 6.16. The molecule has 3 rings (SSSR count). The van der Waals surface area contributed by atoms with Gasteiger partial charge in [0.2, 0.25) is 0 Å². The molecule has 0 aliphatic carbocycles. The second-order valence-electron chi connectivity index (χ2n) is 4.83. The van der Waals surface area contributed by atoms with Crippen molar-refractivity contribution in [3.05, 3.63) is 42.0 Å². The van der Waals surface area contributed by atoms with Crippen LogP contribution in [0.2, 0.25) is 0 Å². The van der Waals surface area contributed by atoms with E-state index in [2.05, 4.69) is 45.0 Å². The lowest BCUT2D eigenvalue weighted by Crippen LogP contribution is -2.07. The van der Waals surface area contributed by atoms with E-state index >= 15 is 0 Å². The van der Waals surface area contributed by atoms with Crippen LogP contribution >= 0.6 is 11.6 Å². The van der Waals surface area contributed by atoms with Crippen LogP contribution in [0.25, 0.3) is 11.0 Å². The Morgan fingerprint density at radius 2 is 2.15 bits per heavy atom. The van der Waals surface area contributed by atoms with E-state index in [1.54, 1.807) is 6.20 Å². The molecule has 3 aromatic rings. The average molecular weight is 290 g/mol. The van der Waals surface area contributed by atoms with Gasteiger partial charge in [0.1, 0.15) is 5.82 Å². The largest absolute Gasteiger partial charge is 0.327 e. The molecule has 2 aromatic heterocycles. The molecule has 0 fully saturated rings. The molecule has 0 N–H and O–H groups in total. The minimum Gasteiger partial charge on any atom is -0.327 e. The quantitative estimate of drug-likeness (QED) is 0.679. The second-order valence-corrected chi connectivity index (χ2v) is 5.09. The first-order chi connectivity index (χ1) is 9.78. The fraction of sp³-hybridized carbons (Fsp3) is 0.357. The van der Waals surface area contributed by atoms with E-state index in [9.17, 15) is 0 Å². The van der Waals surface area contributed by atoms with E-state index in [4.69, 9.17) is 11.6 Å². The van der Waals surface area contributed by atoms with Crippen LogP contribution in [0, 0.1) is 6.92 Å². The first-order valence-corrected chi connectivity index (χ1v) is 7.17. The van der Waals surface area contributed by atoms with Crippen LogP contribution in [-0.4, -0.2) is 24.5 Å². The lowest BCUT2D eigenvalue weighted by atomic mass is 10.2. The predicted molar refractivity (Wildman–Crippen MR) is 78.7 cm³/mol. The highest BCUT2D eigenvalue weighted by Crippen LogP contribution is 2.19. The van der Waals surface area contributed by atoms with Gasteiger partial charge in [0.05, 0.1) is 23.1 Å². The molecule has 0 saturated heterocycles. The number of hydrogen-bond donors (Lipinski definition) is 0. The first-order valence-electron chi connectivity index (χ1n) is 6.64. The van der Waals surface area contributed by atoms with Gasteiger partial charge in [0.25, 0.3) is 0 Å². The molecule has 20 heavy (non-hydrogen) atoms. The molecule has 1 aromatic carbocycles. The van der Waals surface area contributed by atoms with Gasteiger partial charge in [-0.3, -0.25) is 4.68 Å². The van der Waals surface area contributed by atoms with Crippen LogP contribution in [0.5, 0.6) is 0 Å². The van der Waals surface area contributed by atoms with E-state index in [-0.39, 0.29) is 0 Å². The molecule has 0 unspecified atom stereocenters. The Labute approximate surface area is 122 Å². The zero-order chi connectivity index (χ0) is 13.9. The smallest absolute Gasteiger partial charge is 0.124 e. The summed E-state index contributed by atoms with van der Waals surface area (Å²) in [6.45, 7) is 3.81. The molecule has 0 amide bonds. The van der Waals surface area contributed by atoms with Gasteiger partial charge in [0, 0.05) is 19.3 Å². The Kier molecular flexibility index (Phi) is 3.69. The van der Waals surface area contributed by atoms with E-state index in [1.165, 1.54) is 5.56 Å². The van der Waals surface area contributed by atoms with Crippen molar-refractivity contribution in [2.45, 2.75) is 32.3 Å². The minimum atomic E-state index is 0.428. The summed E-state index contributed by atoms with van der Waals surface area (Å²) in [6.07, 6.45) is 4.53. The van der Waals surface area contributed by atoms with Crippen molar-refractivity contribution < 1.29 is 0 Å². The maximum Gasteiger partial charge on any atom is 0.124 e. The van der Waals surface area contributed by atoms with Gasteiger partial charge in [0.15, 0.2) is 0 Å². The predicted octanol–water partition coefficient (Wildman–Crippen LogP) is 2.77. The first kappa shape index (κ1) is 13.1. The van der Waals surface area contributed by atoms with Crippen molar-refractivity contribution in [2.24, 2.45) is 0 Å². The van der Waals surface area contributed by atoms with Crippen LogP contribution in [0.15, 0.2) is 30.6 Å². The number of fused-ring (bicyclic) bond motifs is 1. The van der Waals surface area contributed by atoms with Gasteiger partial charge in [-0.05, 0) is 31.0 Å². The number of aromatic nitrogens is 5. The lowest BCUT2D eigenvalue weighted by Gasteiger charge is -2.08. The van der Waals surface area contributed by atoms with Gasteiger partial charge in [-0.15, -0.1) is 16.7 Å². The van der Waals surface area contributed by atoms with E-state index in [0.717, 1.165) is 36.4 Å². The Morgan fingerprint density at radius 3 is 2.90 bits per heavy atom. The number of benzene rings is 1. The minimum absolute atomic E-state index is 0.428. The van der Waals surface area contributed by atoms with Crippen LogP contribution in [0.1, 0.15) is 17.8 Å². The summed E-state index contributed by atoms with van der Waals surface area (Å²) in [7, 11) is 0. The van der Waals surface area contributed by atoms with Gasteiger partial charge in [-0.1, -0.05) is 11.3 Å². The van der Waals surface area contributed by atoms with Crippen molar-refractivity contribution >= 4 is 22.6 Å². The zero-order valence-electron chi connectivity index (χ0n) is 11.3. The molecule has 0 aliphatic rings. The molecule has 5 nitrogen and oxygen atoms in total. The topological polar surface area (TPSA) is 48.5 Å². The molecule has 104 valence electrons. The molecular formula is C14H16ClN5. The van der Waals surface area contributed by atoms with E-state index in [0.29, 0.717) is 5.88 Å². The number of imidazole rings is 1. The maximum absolute atomic E-state index is 6.01. The highest BCUT2D eigenvalue weighted by Gasteiger charge is 2.09. The number of halogens is 1.